The van der Waals surface area contributed by atoms with Crippen molar-refractivity contribution in [1.82, 2.24) is 0 Å². The minimum absolute atomic E-state index is 0.0828. The molecule has 0 radical (unpaired) electrons. The van der Waals surface area contributed by atoms with Crippen LogP contribution in [0.4, 0.5) is 0 Å². The van der Waals surface area contributed by atoms with Gasteiger partial charge in [-0.2, -0.15) is 0 Å². The molecule has 1 aliphatic heterocycles. The summed E-state index contributed by atoms with van der Waals surface area (Å²) in [5.41, 5.74) is 3.61. The molecule has 0 amide bonds. The van der Waals surface area contributed by atoms with Gasteiger partial charge in [-0.3, -0.25) is 4.99 Å². The summed E-state index contributed by atoms with van der Waals surface area (Å²) in [7, 11) is 1.68. The molecule has 0 saturated carbocycles. The van der Waals surface area contributed by atoms with E-state index in [0.717, 1.165) is 0 Å². The fourth-order valence-electron chi connectivity index (χ4n) is 1.45. The average molecular weight is 161 g/mol. The van der Waals surface area contributed by atoms with Crippen LogP contribution in [-0.4, -0.2) is 13.3 Å². The van der Waals surface area contributed by atoms with E-state index in [4.69, 9.17) is 4.74 Å². The molecule has 1 atom stereocenters. The van der Waals surface area contributed by atoms with E-state index in [9.17, 15) is 0 Å². The van der Waals surface area contributed by atoms with Crippen molar-refractivity contribution in [3.63, 3.8) is 0 Å². The number of fused-ring (bicyclic) bond motifs is 1. The Labute approximate surface area is 71.9 Å². The number of aryl methyl sites for hydroxylation is 1. The first-order chi connectivity index (χ1) is 5.81. The molecule has 0 unspecified atom stereocenters. The molecule has 0 bridgehead atoms. The summed E-state index contributed by atoms with van der Waals surface area (Å²) < 4.78 is 5.18. The molecule has 1 aromatic carbocycles. The monoisotopic (exact) mass is 161 g/mol. The molecule has 2 rings (SSSR count). The highest BCUT2D eigenvalue weighted by atomic mass is 16.5. The number of rotatable bonds is 1. The highest BCUT2D eigenvalue weighted by molar-refractivity contribution is 5.85. The Kier molecular flexibility index (Phi) is 1.70. The van der Waals surface area contributed by atoms with Crippen molar-refractivity contribution in [2.45, 2.75) is 13.2 Å². The summed E-state index contributed by atoms with van der Waals surface area (Å²) in [6.45, 7) is 2.08. The first-order valence-electron chi connectivity index (χ1n) is 3.98. The van der Waals surface area contributed by atoms with Gasteiger partial charge in [-0.25, -0.2) is 0 Å². The summed E-state index contributed by atoms with van der Waals surface area (Å²) >= 11 is 0. The van der Waals surface area contributed by atoms with Crippen LogP contribution in [-0.2, 0) is 4.74 Å². The number of benzene rings is 1. The van der Waals surface area contributed by atoms with Crippen molar-refractivity contribution < 1.29 is 4.74 Å². The second-order valence-electron chi connectivity index (χ2n) is 3.00. The van der Waals surface area contributed by atoms with Gasteiger partial charge in [0.2, 0.25) is 0 Å². The van der Waals surface area contributed by atoms with Gasteiger partial charge in [0.15, 0.2) is 6.23 Å². The predicted octanol–water partition coefficient (Wildman–Crippen LogP) is 2.07. The Bertz CT molecular complexity index is 331. The lowest BCUT2D eigenvalue weighted by molar-refractivity contribution is 0.114. The van der Waals surface area contributed by atoms with Crippen molar-refractivity contribution in [1.29, 1.82) is 0 Å². The van der Waals surface area contributed by atoms with Crippen molar-refractivity contribution in [3.05, 3.63) is 34.9 Å². The molecule has 2 nitrogen and oxygen atoms in total. The molecule has 2 heteroatoms. The summed E-state index contributed by atoms with van der Waals surface area (Å²) in [6, 6.07) is 6.28. The van der Waals surface area contributed by atoms with Gasteiger partial charge in [-0.05, 0) is 6.92 Å². The second-order valence-corrected chi connectivity index (χ2v) is 3.00. The molecule has 0 spiro atoms. The SMILES string of the molecule is CO[C@H]1N=Cc2cc(C)ccc21. The smallest absolute Gasteiger partial charge is 0.174 e. The molecule has 62 valence electrons. The summed E-state index contributed by atoms with van der Waals surface area (Å²) in [6.07, 6.45) is 1.79. The van der Waals surface area contributed by atoms with E-state index in [1.165, 1.54) is 16.7 Å². The number of hydrogen-bond donors (Lipinski definition) is 0. The molecule has 0 aromatic heterocycles. The van der Waals surface area contributed by atoms with E-state index < -0.39 is 0 Å². The quantitative estimate of drug-likeness (QED) is 0.618. The topological polar surface area (TPSA) is 21.6 Å². The fraction of sp³-hybridized carbons (Fsp3) is 0.300. The lowest BCUT2D eigenvalue weighted by Gasteiger charge is -2.06. The zero-order valence-corrected chi connectivity index (χ0v) is 7.24. The lowest BCUT2D eigenvalue weighted by atomic mass is 10.1. The highest BCUT2D eigenvalue weighted by Crippen LogP contribution is 2.26. The number of hydrogen-bond acceptors (Lipinski definition) is 2. The predicted molar refractivity (Wildman–Crippen MR) is 48.5 cm³/mol. The van der Waals surface area contributed by atoms with Crippen LogP contribution in [0.2, 0.25) is 0 Å². The standard InChI is InChI=1S/C10H11NO/c1-7-3-4-9-8(5-7)6-11-10(9)12-2/h3-6,10H,1-2H3/t10-/m1/s1. The van der Waals surface area contributed by atoms with Crippen LogP contribution >= 0.6 is 0 Å². The molecule has 0 saturated heterocycles. The second kappa shape index (κ2) is 2.72. The fourth-order valence-corrected chi connectivity index (χ4v) is 1.45. The lowest BCUT2D eigenvalue weighted by Crippen LogP contribution is -1.94. The molecule has 1 heterocycles. The van der Waals surface area contributed by atoms with E-state index >= 15 is 0 Å². The van der Waals surface area contributed by atoms with Gasteiger partial charge in [-0.1, -0.05) is 23.8 Å². The van der Waals surface area contributed by atoms with Crippen LogP contribution in [0.5, 0.6) is 0 Å². The Hall–Kier alpha value is -1.15. The third kappa shape index (κ3) is 1.04. The van der Waals surface area contributed by atoms with E-state index in [1.54, 1.807) is 7.11 Å². The minimum atomic E-state index is -0.0828. The molecule has 0 fully saturated rings. The maximum absolute atomic E-state index is 5.18. The summed E-state index contributed by atoms with van der Waals surface area (Å²) in [5, 5.41) is 0. The van der Waals surface area contributed by atoms with E-state index in [1.807, 2.05) is 6.21 Å². The maximum Gasteiger partial charge on any atom is 0.174 e. The van der Waals surface area contributed by atoms with Crippen LogP contribution in [0.25, 0.3) is 0 Å². The van der Waals surface area contributed by atoms with Gasteiger partial charge >= 0.3 is 0 Å². The molecular weight excluding hydrogens is 150 g/mol. The first-order valence-corrected chi connectivity index (χ1v) is 3.98. The molecule has 12 heavy (non-hydrogen) atoms. The van der Waals surface area contributed by atoms with Gasteiger partial charge in [-0.15, -0.1) is 0 Å². The van der Waals surface area contributed by atoms with Crippen molar-refractivity contribution in [2.75, 3.05) is 7.11 Å². The van der Waals surface area contributed by atoms with Crippen LogP contribution in [0, 0.1) is 6.92 Å². The van der Waals surface area contributed by atoms with E-state index in [-0.39, 0.29) is 6.23 Å². The normalized spacial score (nSPS) is 19.7. The average Bonchev–Trinajstić information content (AvgIpc) is 2.46. The van der Waals surface area contributed by atoms with Gasteiger partial charge in [0.1, 0.15) is 0 Å². The molecule has 0 N–H and O–H groups in total. The number of methoxy groups -OCH3 is 1. The molecular formula is C10H11NO. The van der Waals surface area contributed by atoms with Gasteiger partial charge in [0.25, 0.3) is 0 Å². The van der Waals surface area contributed by atoms with Crippen LogP contribution < -0.4 is 0 Å². The van der Waals surface area contributed by atoms with Gasteiger partial charge in [0.05, 0.1) is 0 Å². The molecule has 0 aliphatic carbocycles. The first kappa shape index (κ1) is 7.50. The number of nitrogens with zero attached hydrogens (tertiary/aromatic N) is 1. The minimum Gasteiger partial charge on any atom is -0.355 e. The Morgan fingerprint density at radius 1 is 1.42 bits per heavy atom. The zero-order chi connectivity index (χ0) is 8.55. The third-order valence-electron chi connectivity index (χ3n) is 2.08. The van der Waals surface area contributed by atoms with Crippen molar-refractivity contribution in [2.24, 2.45) is 4.99 Å². The Morgan fingerprint density at radius 2 is 2.25 bits per heavy atom. The van der Waals surface area contributed by atoms with Gasteiger partial charge < -0.3 is 4.74 Å². The van der Waals surface area contributed by atoms with Crippen molar-refractivity contribution >= 4 is 6.21 Å². The largest absolute Gasteiger partial charge is 0.355 e. The third-order valence-corrected chi connectivity index (χ3v) is 2.08. The Morgan fingerprint density at radius 3 is 3.00 bits per heavy atom. The Balaban J connectivity index is 2.47. The number of ether oxygens (including phenoxy) is 1. The molecule has 1 aromatic rings. The van der Waals surface area contributed by atoms with Crippen LogP contribution in [0.3, 0.4) is 0 Å². The number of aliphatic imine (C=N–C) groups is 1. The van der Waals surface area contributed by atoms with Crippen molar-refractivity contribution in [3.8, 4) is 0 Å². The summed E-state index contributed by atoms with van der Waals surface area (Å²) in [4.78, 5) is 4.22. The zero-order valence-electron chi connectivity index (χ0n) is 7.24. The van der Waals surface area contributed by atoms with Gasteiger partial charge in [0, 0.05) is 24.5 Å². The highest BCUT2D eigenvalue weighted by Gasteiger charge is 2.16. The maximum atomic E-state index is 5.18. The van der Waals surface area contributed by atoms with E-state index in [0.29, 0.717) is 0 Å². The molecule has 1 aliphatic rings. The van der Waals surface area contributed by atoms with E-state index in [2.05, 4.69) is 30.1 Å². The summed E-state index contributed by atoms with van der Waals surface area (Å²) in [5.74, 6) is 0. The van der Waals surface area contributed by atoms with Crippen LogP contribution in [0.15, 0.2) is 23.2 Å². The van der Waals surface area contributed by atoms with Crippen LogP contribution in [0.1, 0.15) is 22.9 Å².